The Kier molecular flexibility index (Phi) is 11.0. The van der Waals surface area contributed by atoms with Crippen LogP contribution in [0.2, 0.25) is 0 Å². The van der Waals surface area contributed by atoms with Gasteiger partial charge in [-0.3, -0.25) is 9.59 Å². The van der Waals surface area contributed by atoms with Crippen molar-refractivity contribution in [2.75, 3.05) is 13.7 Å². The zero-order chi connectivity index (χ0) is 37.6. The molecule has 8 nitrogen and oxygen atoms in total. The van der Waals surface area contributed by atoms with Gasteiger partial charge >= 0.3 is 11.9 Å². The molecule has 1 amide bonds. The maximum atomic E-state index is 13.6. The highest BCUT2D eigenvalue weighted by Gasteiger charge is 2.70. The van der Waals surface area contributed by atoms with Crippen molar-refractivity contribution in [3.05, 3.63) is 41.0 Å². The second-order valence-electron chi connectivity index (χ2n) is 18.1. The summed E-state index contributed by atoms with van der Waals surface area (Å²) in [7, 11) is 1.65. The molecule has 4 saturated carbocycles. The Morgan fingerprint density at radius 1 is 0.843 bits per heavy atom. The molecule has 1 N–H and O–H groups in total. The summed E-state index contributed by atoms with van der Waals surface area (Å²) < 4.78 is 5.04. The molecule has 1 aromatic rings. The zero-order valence-corrected chi connectivity index (χ0v) is 33.0. The van der Waals surface area contributed by atoms with Crippen LogP contribution in [0.3, 0.4) is 0 Å². The number of carbonyl (C=O) groups is 4. The van der Waals surface area contributed by atoms with E-state index in [2.05, 4.69) is 53.8 Å². The molecule has 51 heavy (non-hydrogen) atoms. The van der Waals surface area contributed by atoms with Gasteiger partial charge in [-0.2, -0.15) is 0 Å². The number of methoxy groups -OCH3 is 1. The van der Waals surface area contributed by atoms with Crippen LogP contribution < -0.4 is 10.1 Å². The van der Waals surface area contributed by atoms with Crippen LogP contribution in [0.4, 0.5) is 0 Å². The van der Waals surface area contributed by atoms with Crippen LogP contribution in [0.1, 0.15) is 132 Å². The molecule has 0 bridgehead atoms. The van der Waals surface area contributed by atoms with Crippen molar-refractivity contribution in [1.29, 1.82) is 0 Å². The SMILES string of the molecule is CC(=O)OOC(=O)[C@@]12CC[C@]3(C)[C@H](CC[C@@H]4[C@@]5(C)CCCC(C)(C)[C@@H]5CC[C@]43C)C1=C(C(C)C)C(=O)C2.COc1ccc(CCNC(C)=O)cc1. The van der Waals surface area contributed by atoms with E-state index in [0.717, 1.165) is 48.5 Å². The van der Waals surface area contributed by atoms with Gasteiger partial charge in [0.15, 0.2) is 5.78 Å². The van der Waals surface area contributed by atoms with Crippen molar-refractivity contribution < 1.29 is 33.7 Å². The number of Topliss-reactive ketones (excluding diaryl/α,β-unsaturated/α-hetero) is 1. The van der Waals surface area contributed by atoms with E-state index in [0.29, 0.717) is 29.7 Å². The third kappa shape index (κ3) is 6.78. The molecular weight excluding hydrogens is 642 g/mol. The summed E-state index contributed by atoms with van der Waals surface area (Å²) in [6.07, 6.45) is 11.1. The Morgan fingerprint density at radius 2 is 1.53 bits per heavy atom. The fraction of sp³-hybridized carbons (Fsp3) is 0.721. The Labute approximate surface area is 306 Å². The first-order valence-electron chi connectivity index (χ1n) is 19.4. The Hall–Kier alpha value is -3.16. The summed E-state index contributed by atoms with van der Waals surface area (Å²) in [5.74, 6) is 1.36. The van der Waals surface area contributed by atoms with Gasteiger partial charge in [-0.15, -0.1) is 0 Å². The lowest BCUT2D eigenvalue weighted by Crippen LogP contribution is -2.64. The lowest BCUT2D eigenvalue weighted by Gasteiger charge is -2.71. The highest BCUT2D eigenvalue weighted by molar-refractivity contribution is 6.06. The average Bonchev–Trinajstić information content (AvgIpc) is 3.37. The van der Waals surface area contributed by atoms with Crippen LogP contribution >= 0.6 is 0 Å². The summed E-state index contributed by atoms with van der Waals surface area (Å²) >= 11 is 0. The summed E-state index contributed by atoms with van der Waals surface area (Å²) in [6.45, 7) is 20.2. The first-order valence-corrected chi connectivity index (χ1v) is 19.4. The zero-order valence-electron chi connectivity index (χ0n) is 33.0. The number of nitrogens with one attached hydrogen (secondary N) is 1. The third-order valence-electron chi connectivity index (χ3n) is 14.7. The molecular formula is C43H63NO7. The molecule has 0 aromatic heterocycles. The van der Waals surface area contributed by atoms with Gasteiger partial charge in [0.25, 0.3) is 0 Å². The van der Waals surface area contributed by atoms with Gasteiger partial charge in [-0.25, -0.2) is 19.4 Å². The lowest BCUT2D eigenvalue weighted by molar-refractivity contribution is -0.267. The molecule has 7 atom stereocenters. The molecule has 1 aromatic carbocycles. The molecule has 0 heterocycles. The lowest BCUT2D eigenvalue weighted by atomic mass is 9.33. The van der Waals surface area contributed by atoms with E-state index in [4.69, 9.17) is 14.5 Å². The average molecular weight is 706 g/mol. The highest BCUT2D eigenvalue weighted by Crippen LogP contribution is 2.76. The molecule has 5 aliphatic rings. The van der Waals surface area contributed by atoms with E-state index in [1.54, 1.807) is 7.11 Å². The topological polar surface area (TPSA) is 108 Å². The van der Waals surface area contributed by atoms with Gasteiger partial charge in [-0.1, -0.05) is 67.0 Å². The molecule has 8 heteroatoms. The van der Waals surface area contributed by atoms with E-state index in [1.807, 2.05) is 24.3 Å². The van der Waals surface area contributed by atoms with E-state index in [-0.39, 0.29) is 40.8 Å². The molecule has 0 saturated heterocycles. The second-order valence-corrected chi connectivity index (χ2v) is 18.1. The van der Waals surface area contributed by atoms with Crippen molar-refractivity contribution in [1.82, 2.24) is 5.32 Å². The van der Waals surface area contributed by atoms with Crippen molar-refractivity contribution in [2.24, 2.45) is 50.7 Å². The number of amides is 1. The van der Waals surface area contributed by atoms with Crippen molar-refractivity contribution in [2.45, 2.75) is 133 Å². The maximum Gasteiger partial charge on any atom is 0.366 e. The van der Waals surface area contributed by atoms with Gasteiger partial charge in [0.1, 0.15) is 11.2 Å². The van der Waals surface area contributed by atoms with Crippen LogP contribution in [0.5, 0.6) is 5.75 Å². The molecule has 6 rings (SSSR count). The molecule has 5 aliphatic carbocycles. The molecule has 0 radical (unpaired) electrons. The maximum absolute atomic E-state index is 13.6. The quantitative estimate of drug-likeness (QED) is 0.233. The van der Waals surface area contributed by atoms with Crippen LogP contribution in [-0.2, 0) is 35.4 Å². The van der Waals surface area contributed by atoms with Gasteiger partial charge in [0.2, 0.25) is 5.91 Å². The van der Waals surface area contributed by atoms with E-state index in [9.17, 15) is 19.2 Å². The fourth-order valence-corrected chi connectivity index (χ4v) is 12.3. The minimum absolute atomic E-state index is 0.0107. The monoisotopic (exact) mass is 705 g/mol. The summed E-state index contributed by atoms with van der Waals surface area (Å²) in [6, 6.07) is 7.84. The highest BCUT2D eigenvalue weighted by atomic mass is 17.2. The number of hydrogen-bond donors (Lipinski definition) is 1. The number of allylic oxidation sites excluding steroid dienone is 1. The van der Waals surface area contributed by atoms with Crippen LogP contribution in [0.25, 0.3) is 0 Å². The van der Waals surface area contributed by atoms with Crippen LogP contribution in [-0.4, -0.2) is 37.3 Å². The first-order chi connectivity index (χ1) is 23.9. The summed E-state index contributed by atoms with van der Waals surface area (Å²) in [4.78, 5) is 59.0. The molecule has 0 unspecified atom stereocenters. The number of carbonyl (C=O) groups excluding carboxylic acids is 4. The standard InChI is InChI=1S/C32H48O5.C11H15NO2/c1-19(2)25-22(34)18-32(27(35)37-36-20(3)33)17-16-30(7)21(26(25)32)10-11-24-29(6)14-9-13-28(4,5)23(29)12-15-31(24,30)8;1-9(13)12-8-7-10-3-5-11(14-2)6-4-10/h19,21,23-24H,9-18H2,1-8H3;3-6H,7-8H2,1-2H3,(H,12,13)/t21-,23+,24-,29+,30-,31-,32-;/m1./s1. The summed E-state index contributed by atoms with van der Waals surface area (Å²) in [5.41, 5.74) is 2.97. The molecule has 282 valence electrons. The number of hydrogen-bond acceptors (Lipinski definition) is 7. The number of fused-ring (bicyclic) bond motifs is 7. The normalized spacial score (nSPS) is 34.9. The fourth-order valence-electron chi connectivity index (χ4n) is 12.3. The van der Waals surface area contributed by atoms with Crippen molar-refractivity contribution in [3.8, 4) is 5.75 Å². The predicted octanol–water partition coefficient (Wildman–Crippen LogP) is 8.75. The van der Waals surface area contributed by atoms with Gasteiger partial charge in [0.05, 0.1) is 7.11 Å². The van der Waals surface area contributed by atoms with Crippen molar-refractivity contribution in [3.63, 3.8) is 0 Å². The van der Waals surface area contributed by atoms with E-state index < -0.39 is 17.4 Å². The first kappa shape index (κ1) is 39.1. The smallest absolute Gasteiger partial charge is 0.366 e. The minimum Gasteiger partial charge on any atom is -0.497 e. The number of ether oxygens (including phenoxy) is 1. The minimum atomic E-state index is -0.993. The third-order valence-corrected chi connectivity index (χ3v) is 14.7. The predicted molar refractivity (Wildman–Crippen MR) is 197 cm³/mol. The number of benzene rings is 1. The van der Waals surface area contributed by atoms with Crippen molar-refractivity contribution >= 4 is 23.6 Å². The molecule has 4 fully saturated rings. The number of ketones is 1. The Balaban J connectivity index is 0.000000303. The second kappa shape index (κ2) is 14.3. The van der Waals surface area contributed by atoms with E-state index >= 15 is 0 Å². The van der Waals surface area contributed by atoms with E-state index in [1.165, 1.54) is 51.5 Å². The van der Waals surface area contributed by atoms with Gasteiger partial charge < -0.3 is 10.1 Å². The summed E-state index contributed by atoms with van der Waals surface area (Å²) in [5, 5.41) is 2.75. The Morgan fingerprint density at radius 3 is 2.14 bits per heavy atom. The number of rotatable bonds is 6. The largest absolute Gasteiger partial charge is 0.497 e. The Bertz CT molecular complexity index is 1540. The van der Waals surface area contributed by atoms with Crippen LogP contribution in [0, 0.1) is 50.7 Å². The van der Waals surface area contributed by atoms with Gasteiger partial charge in [0, 0.05) is 26.8 Å². The molecule has 0 spiro atoms. The van der Waals surface area contributed by atoms with Crippen LogP contribution in [0.15, 0.2) is 35.4 Å². The van der Waals surface area contributed by atoms with Gasteiger partial charge in [-0.05, 0) is 132 Å². The molecule has 0 aliphatic heterocycles.